The minimum Gasteiger partial charge on any atom is -0.379 e. The largest absolute Gasteiger partial charge is 0.379 e. The van der Waals surface area contributed by atoms with Crippen molar-refractivity contribution in [1.82, 2.24) is 25.0 Å². The van der Waals surface area contributed by atoms with Gasteiger partial charge in [0.15, 0.2) is 5.16 Å². The Morgan fingerprint density at radius 2 is 1.96 bits per heavy atom. The van der Waals surface area contributed by atoms with Crippen molar-refractivity contribution in [3.63, 3.8) is 0 Å². The normalized spacial score (nSPS) is 21.8. The first-order chi connectivity index (χ1) is 12.5. The molecule has 1 aromatic heterocycles. The van der Waals surface area contributed by atoms with Crippen LogP contribution in [0.5, 0.6) is 0 Å². The van der Waals surface area contributed by atoms with Crippen molar-refractivity contribution in [2.45, 2.75) is 62.2 Å². The first-order valence-corrected chi connectivity index (χ1v) is 10.7. The van der Waals surface area contributed by atoms with Gasteiger partial charge in [-0.05, 0) is 39.5 Å². The third kappa shape index (κ3) is 4.23. The first kappa shape index (κ1) is 18.3. The number of thioether (sulfide) groups is 1. The topological polar surface area (TPSA) is 72.3 Å². The SMILES string of the molecule is CC(C)(CNC(=O)CSc1nnc(C2CC2)n1C1CC1)N1CCOCC1. The van der Waals surface area contributed by atoms with Gasteiger partial charge in [0.2, 0.25) is 5.91 Å². The highest BCUT2D eigenvalue weighted by Crippen LogP contribution is 2.45. The van der Waals surface area contributed by atoms with Crippen molar-refractivity contribution in [2.24, 2.45) is 0 Å². The molecule has 0 spiro atoms. The van der Waals surface area contributed by atoms with E-state index in [1.54, 1.807) is 0 Å². The number of hydrogen-bond acceptors (Lipinski definition) is 6. The fourth-order valence-electron chi connectivity index (χ4n) is 3.46. The number of nitrogens with zero attached hydrogens (tertiary/aromatic N) is 4. The standard InChI is InChI=1S/C18H29N5O2S/c1-18(2,22-7-9-25-10-8-22)12-19-15(24)11-26-17-21-20-16(13-3-4-13)23(17)14-5-6-14/h13-14H,3-12H2,1-2H3,(H,19,24). The predicted octanol–water partition coefficient (Wildman–Crippen LogP) is 1.81. The predicted molar refractivity (Wildman–Crippen MR) is 100 cm³/mol. The number of nitrogens with one attached hydrogen (secondary N) is 1. The summed E-state index contributed by atoms with van der Waals surface area (Å²) in [6.45, 7) is 8.39. The molecule has 2 heterocycles. The zero-order chi connectivity index (χ0) is 18.1. The second-order valence-electron chi connectivity index (χ2n) is 8.19. The van der Waals surface area contributed by atoms with Gasteiger partial charge in [-0.3, -0.25) is 9.69 Å². The maximum Gasteiger partial charge on any atom is 0.230 e. The Kier molecular flexibility index (Phi) is 5.25. The van der Waals surface area contributed by atoms with Crippen LogP contribution in [0.1, 0.15) is 57.3 Å². The molecule has 1 amide bonds. The number of carbonyl (C=O) groups excluding carboxylic acids is 1. The van der Waals surface area contributed by atoms with Crippen LogP contribution in [0.15, 0.2) is 5.16 Å². The molecule has 1 saturated heterocycles. The maximum atomic E-state index is 12.4. The summed E-state index contributed by atoms with van der Waals surface area (Å²) in [6, 6.07) is 0.561. The van der Waals surface area contributed by atoms with Crippen LogP contribution in [0, 0.1) is 0 Å². The summed E-state index contributed by atoms with van der Waals surface area (Å²) in [4.78, 5) is 14.7. The number of amides is 1. The molecule has 4 rings (SSSR count). The molecule has 26 heavy (non-hydrogen) atoms. The van der Waals surface area contributed by atoms with E-state index in [0.717, 1.165) is 37.3 Å². The second-order valence-corrected chi connectivity index (χ2v) is 9.14. The van der Waals surface area contributed by atoms with Crippen LogP contribution in [0.25, 0.3) is 0 Å². The first-order valence-electron chi connectivity index (χ1n) is 9.72. The van der Waals surface area contributed by atoms with E-state index in [0.29, 0.717) is 24.3 Å². The van der Waals surface area contributed by atoms with Crippen LogP contribution in [0.3, 0.4) is 0 Å². The van der Waals surface area contributed by atoms with Gasteiger partial charge in [-0.25, -0.2) is 0 Å². The highest BCUT2D eigenvalue weighted by molar-refractivity contribution is 7.99. The van der Waals surface area contributed by atoms with E-state index in [-0.39, 0.29) is 11.4 Å². The highest BCUT2D eigenvalue weighted by Gasteiger charge is 2.36. The third-order valence-corrected chi connectivity index (χ3v) is 6.41. The maximum absolute atomic E-state index is 12.4. The molecule has 0 radical (unpaired) electrons. The number of carbonyl (C=O) groups is 1. The summed E-state index contributed by atoms with van der Waals surface area (Å²) in [6.07, 6.45) is 4.88. The average Bonchev–Trinajstić information content (AvgIpc) is 3.58. The minimum absolute atomic E-state index is 0.0582. The highest BCUT2D eigenvalue weighted by atomic mass is 32.2. The summed E-state index contributed by atoms with van der Waals surface area (Å²) in [5.74, 6) is 2.20. The van der Waals surface area contributed by atoms with Crippen molar-refractivity contribution < 1.29 is 9.53 Å². The van der Waals surface area contributed by atoms with Gasteiger partial charge in [0.25, 0.3) is 0 Å². The summed E-state index contributed by atoms with van der Waals surface area (Å²) in [5, 5.41) is 12.8. The zero-order valence-corrected chi connectivity index (χ0v) is 16.6. The van der Waals surface area contributed by atoms with Crippen LogP contribution in [0.4, 0.5) is 0 Å². The lowest BCUT2D eigenvalue weighted by Gasteiger charge is -2.40. The number of morpholine rings is 1. The van der Waals surface area contributed by atoms with Gasteiger partial charge < -0.3 is 14.6 Å². The molecule has 0 atom stereocenters. The zero-order valence-electron chi connectivity index (χ0n) is 15.7. The number of hydrogen-bond donors (Lipinski definition) is 1. The van der Waals surface area contributed by atoms with Crippen LogP contribution in [-0.4, -0.2) is 69.7 Å². The fraction of sp³-hybridized carbons (Fsp3) is 0.833. The Bertz CT molecular complexity index is 648. The van der Waals surface area contributed by atoms with E-state index < -0.39 is 0 Å². The van der Waals surface area contributed by atoms with Gasteiger partial charge in [-0.15, -0.1) is 10.2 Å². The number of rotatable bonds is 8. The fourth-order valence-corrected chi connectivity index (χ4v) is 4.30. The molecule has 0 aromatic carbocycles. The molecule has 3 aliphatic rings. The van der Waals surface area contributed by atoms with Crippen LogP contribution >= 0.6 is 11.8 Å². The van der Waals surface area contributed by atoms with Crippen LogP contribution in [0.2, 0.25) is 0 Å². The number of ether oxygens (including phenoxy) is 1. The van der Waals surface area contributed by atoms with E-state index in [1.807, 2.05) is 0 Å². The Labute approximate surface area is 159 Å². The number of aromatic nitrogens is 3. The minimum atomic E-state index is -0.0582. The lowest BCUT2D eigenvalue weighted by molar-refractivity contribution is -0.119. The van der Waals surface area contributed by atoms with Crippen molar-refractivity contribution in [2.75, 3.05) is 38.6 Å². The van der Waals surface area contributed by atoms with Gasteiger partial charge in [-0.2, -0.15) is 0 Å². The molecule has 2 saturated carbocycles. The van der Waals surface area contributed by atoms with Crippen LogP contribution < -0.4 is 5.32 Å². The summed E-state index contributed by atoms with van der Waals surface area (Å²) < 4.78 is 7.72. The smallest absolute Gasteiger partial charge is 0.230 e. The summed E-state index contributed by atoms with van der Waals surface area (Å²) >= 11 is 1.52. The van der Waals surface area contributed by atoms with Gasteiger partial charge in [-0.1, -0.05) is 11.8 Å². The lowest BCUT2D eigenvalue weighted by Crippen LogP contribution is -2.55. The van der Waals surface area contributed by atoms with E-state index in [9.17, 15) is 4.79 Å². The molecule has 8 heteroatoms. The molecule has 1 N–H and O–H groups in total. The Hall–Kier alpha value is -1.12. The van der Waals surface area contributed by atoms with Gasteiger partial charge in [0, 0.05) is 37.1 Å². The van der Waals surface area contributed by atoms with Crippen molar-refractivity contribution in [3.05, 3.63) is 5.82 Å². The van der Waals surface area contributed by atoms with E-state index in [4.69, 9.17) is 4.74 Å². The molecule has 1 aliphatic heterocycles. The van der Waals surface area contributed by atoms with Crippen molar-refractivity contribution >= 4 is 17.7 Å². The summed E-state index contributed by atoms with van der Waals surface area (Å²) in [7, 11) is 0. The van der Waals surface area contributed by atoms with Gasteiger partial charge in [0.1, 0.15) is 5.82 Å². The van der Waals surface area contributed by atoms with Crippen molar-refractivity contribution in [1.29, 1.82) is 0 Å². The average molecular weight is 380 g/mol. The molecule has 144 valence electrons. The van der Waals surface area contributed by atoms with E-state index in [1.165, 1.54) is 37.4 Å². The molecule has 0 bridgehead atoms. The Morgan fingerprint density at radius 1 is 1.23 bits per heavy atom. The molecule has 1 aromatic rings. The molecule has 3 fully saturated rings. The molecule has 0 unspecified atom stereocenters. The van der Waals surface area contributed by atoms with Crippen molar-refractivity contribution in [3.8, 4) is 0 Å². The molecular formula is C18H29N5O2S. The van der Waals surface area contributed by atoms with Crippen LogP contribution in [-0.2, 0) is 9.53 Å². The quantitative estimate of drug-likeness (QED) is 0.695. The monoisotopic (exact) mass is 379 g/mol. The molecular weight excluding hydrogens is 350 g/mol. The lowest BCUT2D eigenvalue weighted by atomic mass is 10.0. The van der Waals surface area contributed by atoms with Gasteiger partial charge >= 0.3 is 0 Å². The van der Waals surface area contributed by atoms with E-state index in [2.05, 4.69) is 38.8 Å². The third-order valence-electron chi connectivity index (χ3n) is 5.46. The molecule has 2 aliphatic carbocycles. The Balaban J connectivity index is 1.28. The molecule has 7 nitrogen and oxygen atoms in total. The Morgan fingerprint density at radius 3 is 2.62 bits per heavy atom. The second kappa shape index (κ2) is 7.48. The van der Waals surface area contributed by atoms with E-state index >= 15 is 0 Å². The summed E-state index contributed by atoms with van der Waals surface area (Å²) in [5.41, 5.74) is -0.0582. The van der Waals surface area contributed by atoms with Gasteiger partial charge in [0.05, 0.1) is 19.0 Å².